The molecule has 3 aromatic rings. The van der Waals surface area contributed by atoms with Gasteiger partial charge >= 0.3 is 0 Å². The van der Waals surface area contributed by atoms with Crippen molar-refractivity contribution in [1.29, 1.82) is 0 Å². The Kier molecular flexibility index (Phi) is 4.58. The van der Waals surface area contributed by atoms with Crippen LogP contribution in [-0.2, 0) is 0 Å². The number of nitrogens with zero attached hydrogens (tertiary/aromatic N) is 3. The van der Waals surface area contributed by atoms with E-state index in [-0.39, 0.29) is 5.56 Å². The summed E-state index contributed by atoms with van der Waals surface area (Å²) in [5.41, 5.74) is 1.88. The summed E-state index contributed by atoms with van der Waals surface area (Å²) in [5.74, 6) is -1.13. The van der Waals surface area contributed by atoms with Crippen LogP contribution in [0, 0.1) is 11.6 Å². The van der Waals surface area contributed by atoms with Gasteiger partial charge < -0.3 is 9.80 Å². The zero-order chi connectivity index (χ0) is 18.8. The number of hydrogen-bond donors (Lipinski definition) is 1. The number of hydrogen-bond acceptors (Lipinski definition) is 3. The fourth-order valence-electron chi connectivity index (χ4n) is 3.21. The molecule has 1 saturated heterocycles. The molecule has 2 heterocycles. The zero-order valence-corrected chi connectivity index (χ0v) is 14.5. The summed E-state index contributed by atoms with van der Waals surface area (Å²) in [5, 5.41) is 7.40. The second kappa shape index (κ2) is 7.19. The van der Waals surface area contributed by atoms with Crippen LogP contribution in [0.5, 0.6) is 0 Å². The molecule has 27 heavy (non-hydrogen) atoms. The lowest BCUT2D eigenvalue weighted by molar-refractivity contribution is 0.0741. The third kappa shape index (κ3) is 3.53. The maximum Gasteiger partial charge on any atom is 0.256 e. The molecule has 1 aliphatic rings. The van der Waals surface area contributed by atoms with E-state index >= 15 is 0 Å². The van der Waals surface area contributed by atoms with Gasteiger partial charge in [0.15, 0.2) is 5.82 Å². The topological polar surface area (TPSA) is 52.2 Å². The van der Waals surface area contributed by atoms with Gasteiger partial charge in [0.25, 0.3) is 5.91 Å². The van der Waals surface area contributed by atoms with Gasteiger partial charge in [0.05, 0.1) is 11.3 Å². The summed E-state index contributed by atoms with van der Waals surface area (Å²) in [6.07, 6.45) is 0. The van der Waals surface area contributed by atoms with Crippen molar-refractivity contribution in [3.05, 3.63) is 71.8 Å². The van der Waals surface area contributed by atoms with Gasteiger partial charge in [0.1, 0.15) is 11.6 Å². The first-order chi connectivity index (χ1) is 13.1. The fourth-order valence-corrected chi connectivity index (χ4v) is 3.21. The molecule has 0 aliphatic carbocycles. The van der Waals surface area contributed by atoms with E-state index in [1.165, 1.54) is 6.07 Å². The number of carbonyl (C=O) groups excluding carboxylic acids is 1. The van der Waals surface area contributed by atoms with E-state index in [0.29, 0.717) is 26.2 Å². The van der Waals surface area contributed by atoms with Crippen LogP contribution < -0.4 is 4.90 Å². The first-order valence-electron chi connectivity index (χ1n) is 8.72. The van der Waals surface area contributed by atoms with Gasteiger partial charge in [-0.1, -0.05) is 30.3 Å². The monoisotopic (exact) mass is 368 g/mol. The average Bonchev–Trinajstić information content (AvgIpc) is 3.19. The van der Waals surface area contributed by atoms with E-state index in [0.717, 1.165) is 29.2 Å². The molecule has 0 radical (unpaired) electrons. The van der Waals surface area contributed by atoms with Crippen LogP contribution in [-0.4, -0.2) is 47.2 Å². The van der Waals surface area contributed by atoms with Gasteiger partial charge in [0.2, 0.25) is 0 Å². The molecule has 1 N–H and O–H groups in total. The Morgan fingerprint density at radius 3 is 2.41 bits per heavy atom. The molecule has 1 aliphatic heterocycles. The SMILES string of the molecule is O=C(c1ccc(F)cc1F)N1CCN(c2cc(-c3ccccc3)[nH]n2)CC1. The number of halogens is 2. The molecule has 4 rings (SSSR count). The van der Waals surface area contributed by atoms with Crippen LogP contribution >= 0.6 is 0 Å². The Morgan fingerprint density at radius 1 is 0.963 bits per heavy atom. The Morgan fingerprint density at radius 2 is 1.70 bits per heavy atom. The minimum atomic E-state index is -0.831. The van der Waals surface area contributed by atoms with Crippen molar-refractivity contribution in [3.8, 4) is 11.3 Å². The van der Waals surface area contributed by atoms with Crippen molar-refractivity contribution in [2.24, 2.45) is 0 Å². The second-order valence-corrected chi connectivity index (χ2v) is 6.41. The molecule has 0 bridgehead atoms. The van der Waals surface area contributed by atoms with E-state index in [1.54, 1.807) is 4.90 Å². The molecule has 7 heteroatoms. The van der Waals surface area contributed by atoms with Crippen molar-refractivity contribution in [2.45, 2.75) is 0 Å². The summed E-state index contributed by atoms with van der Waals surface area (Å²) < 4.78 is 26.9. The van der Waals surface area contributed by atoms with E-state index in [2.05, 4.69) is 15.1 Å². The molecule has 2 aromatic carbocycles. The van der Waals surface area contributed by atoms with E-state index in [9.17, 15) is 13.6 Å². The lowest BCUT2D eigenvalue weighted by Crippen LogP contribution is -2.49. The van der Waals surface area contributed by atoms with Crippen molar-refractivity contribution in [2.75, 3.05) is 31.1 Å². The lowest BCUT2D eigenvalue weighted by Gasteiger charge is -2.34. The predicted molar refractivity (Wildman–Crippen MR) is 98.5 cm³/mol. The second-order valence-electron chi connectivity index (χ2n) is 6.41. The number of aromatic nitrogens is 2. The molecule has 0 atom stereocenters. The summed E-state index contributed by atoms with van der Waals surface area (Å²) in [7, 11) is 0. The number of amides is 1. The van der Waals surface area contributed by atoms with Crippen LogP contribution in [0.2, 0.25) is 0 Å². The van der Waals surface area contributed by atoms with Crippen molar-refractivity contribution < 1.29 is 13.6 Å². The fraction of sp³-hybridized carbons (Fsp3) is 0.200. The summed E-state index contributed by atoms with van der Waals surface area (Å²) >= 11 is 0. The van der Waals surface area contributed by atoms with Crippen molar-refractivity contribution in [1.82, 2.24) is 15.1 Å². The summed E-state index contributed by atoms with van der Waals surface area (Å²) in [6.45, 7) is 2.08. The normalized spacial score (nSPS) is 14.4. The number of nitrogens with one attached hydrogen (secondary N) is 1. The largest absolute Gasteiger partial charge is 0.352 e. The van der Waals surface area contributed by atoms with E-state index in [1.807, 2.05) is 36.4 Å². The van der Waals surface area contributed by atoms with E-state index in [4.69, 9.17) is 0 Å². The number of carbonyl (C=O) groups is 1. The Bertz CT molecular complexity index is 950. The molecule has 1 fully saturated rings. The summed E-state index contributed by atoms with van der Waals surface area (Å²) in [4.78, 5) is 16.1. The predicted octanol–water partition coefficient (Wildman–Crippen LogP) is 3.32. The Labute approximate surface area is 155 Å². The molecular formula is C20H18F2N4O. The van der Waals surface area contributed by atoms with Crippen LogP contribution in [0.25, 0.3) is 11.3 Å². The number of piperazine rings is 1. The number of benzene rings is 2. The van der Waals surface area contributed by atoms with Crippen LogP contribution in [0.15, 0.2) is 54.6 Å². The maximum atomic E-state index is 13.8. The molecule has 1 aromatic heterocycles. The highest BCUT2D eigenvalue weighted by Crippen LogP contribution is 2.23. The van der Waals surface area contributed by atoms with Crippen LogP contribution in [0.1, 0.15) is 10.4 Å². The molecule has 138 valence electrons. The standard InChI is InChI=1S/C20H18F2N4O/c21-15-6-7-16(17(22)12-15)20(27)26-10-8-25(9-11-26)19-13-18(23-24-19)14-4-2-1-3-5-14/h1-7,12-13H,8-11H2,(H,23,24). The molecule has 1 amide bonds. The minimum Gasteiger partial charge on any atom is -0.352 e. The molecule has 0 saturated carbocycles. The van der Waals surface area contributed by atoms with Crippen molar-refractivity contribution in [3.63, 3.8) is 0 Å². The van der Waals surface area contributed by atoms with Gasteiger partial charge in [-0.2, -0.15) is 5.10 Å². The van der Waals surface area contributed by atoms with Gasteiger partial charge in [0, 0.05) is 38.3 Å². The van der Waals surface area contributed by atoms with Crippen LogP contribution in [0.4, 0.5) is 14.6 Å². The third-order valence-electron chi connectivity index (χ3n) is 4.70. The molecule has 5 nitrogen and oxygen atoms in total. The highest BCUT2D eigenvalue weighted by atomic mass is 19.1. The first-order valence-corrected chi connectivity index (χ1v) is 8.72. The molecular weight excluding hydrogens is 350 g/mol. The first kappa shape index (κ1) is 17.2. The number of H-pyrrole nitrogens is 1. The third-order valence-corrected chi connectivity index (χ3v) is 4.70. The zero-order valence-electron chi connectivity index (χ0n) is 14.5. The van der Waals surface area contributed by atoms with Crippen LogP contribution in [0.3, 0.4) is 0 Å². The minimum absolute atomic E-state index is 0.101. The van der Waals surface area contributed by atoms with Gasteiger partial charge in [-0.05, 0) is 17.7 Å². The lowest BCUT2D eigenvalue weighted by atomic mass is 10.1. The quantitative estimate of drug-likeness (QED) is 0.772. The number of rotatable bonds is 3. The number of anilines is 1. The van der Waals surface area contributed by atoms with Gasteiger partial charge in [-0.3, -0.25) is 9.89 Å². The average molecular weight is 368 g/mol. The number of aromatic amines is 1. The van der Waals surface area contributed by atoms with E-state index < -0.39 is 17.5 Å². The van der Waals surface area contributed by atoms with Crippen molar-refractivity contribution >= 4 is 11.7 Å². The Balaban J connectivity index is 1.42. The summed E-state index contributed by atoms with van der Waals surface area (Å²) in [6, 6.07) is 14.9. The smallest absolute Gasteiger partial charge is 0.256 e. The van der Waals surface area contributed by atoms with Gasteiger partial charge in [-0.25, -0.2) is 8.78 Å². The van der Waals surface area contributed by atoms with Gasteiger partial charge in [-0.15, -0.1) is 0 Å². The highest BCUT2D eigenvalue weighted by Gasteiger charge is 2.25. The molecule has 0 spiro atoms. The highest BCUT2D eigenvalue weighted by molar-refractivity contribution is 5.94. The Hall–Kier alpha value is -3.22. The maximum absolute atomic E-state index is 13.8. The molecule has 0 unspecified atom stereocenters.